The molecule has 3 aliphatic rings. The number of methoxy groups -OCH3 is 1. The second-order valence-electron chi connectivity index (χ2n) is 9.77. The Morgan fingerprint density at radius 2 is 1.45 bits per heavy atom. The van der Waals surface area contributed by atoms with Crippen LogP contribution in [0.3, 0.4) is 0 Å². The molecule has 2 fully saturated rings. The van der Waals surface area contributed by atoms with E-state index in [4.69, 9.17) is 4.74 Å². The molecular weight excluding hydrogens is 402 g/mol. The van der Waals surface area contributed by atoms with Crippen molar-refractivity contribution in [1.29, 1.82) is 0 Å². The van der Waals surface area contributed by atoms with Gasteiger partial charge in [0.2, 0.25) is 0 Å². The van der Waals surface area contributed by atoms with Gasteiger partial charge in [-0.3, -0.25) is 4.90 Å². The molecule has 2 aliphatic carbocycles. The summed E-state index contributed by atoms with van der Waals surface area (Å²) in [7, 11) is 1.75. The molecule has 1 saturated carbocycles. The highest BCUT2D eigenvalue weighted by atomic mass is 16.5. The molecule has 0 amide bonds. The third-order valence-corrected chi connectivity index (χ3v) is 7.92. The molecule has 1 saturated heterocycles. The van der Waals surface area contributed by atoms with Crippen LogP contribution in [0.25, 0.3) is 0 Å². The lowest BCUT2D eigenvalue weighted by Crippen LogP contribution is -2.50. The first-order valence-electron chi connectivity index (χ1n) is 12.9. The van der Waals surface area contributed by atoms with Crippen LogP contribution in [0.4, 0.5) is 0 Å². The zero-order valence-corrected chi connectivity index (χ0v) is 20.0. The summed E-state index contributed by atoms with van der Waals surface area (Å²) >= 11 is 0. The smallest absolute Gasteiger partial charge is 0.118 e. The third-order valence-electron chi connectivity index (χ3n) is 7.92. The number of ether oxygens (including phenoxy) is 1. The van der Waals surface area contributed by atoms with Crippen molar-refractivity contribution in [3.05, 3.63) is 101 Å². The Hall–Kier alpha value is -2.58. The van der Waals surface area contributed by atoms with Crippen LogP contribution in [0, 0.1) is 5.92 Å². The van der Waals surface area contributed by atoms with Gasteiger partial charge < -0.3 is 4.74 Å². The fourth-order valence-corrected chi connectivity index (χ4v) is 6.26. The van der Waals surface area contributed by atoms with Gasteiger partial charge in [0, 0.05) is 0 Å². The standard InChI is InChI=1S/C31H37NO/c1-33-30-21-19-29(20-22-30)31(27-14-4-2-5-15-27,32-23-8-3-9-24-32)28-16-10-13-26(17-18-28)25-11-6-7-12-25/h2,4-5,13-22,25H,3,6-12,23-24H2,1H3. The molecule has 172 valence electrons. The van der Waals surface area contributed by atoms with Crippen molar-refractivity contribution < 1.29 is 4.74 Å². The Balaban J connectivity index is 1.65. The maximum absolute atomic E-state index is 5.52. The molecule has 0 radical (unpaired) electrons. The monoisotopic (exact) mass is 439 g/mol. The lowest BCUT2D eigenvalue weighted by Gasteiger charge is -2.48. The zero-order valence-electron chi connectivity index (χ0n) is 20.0. The molecule has 2 aromatic rings. The Morgan fingerprint density at radius 1 is 0.758 bits per heavy atom. The minimum absolute atomic E-state index is 0.288. The largest absolute Gasteiger partial charge is 0.497 e. The van der Waals surface area contributed by atoms with Crippen molar-refractivity contribution in [3.63, 3.8) is 0 Å². The fourth-order valence-electron chi connectivity index (χ4n) is 6.26. The van der Waals surface area contributed by atoms with E-state index in [-0.39, 0.29) is 5.54 Å². The Morgan fingerprint density at radius 3 is 2.15 bits per heavy atom. The van der Waals surface area contributed by atoms with Gasteiger partial charge >= 0.3 is 0 Å². The summed E-state index contributed by atoms with van der Waals surface area (Å²) in [5.41, 5.74) is 5.36. The summed E-state index contributed by atoms with van der Waals surface area (Å²) in [6.45, 7) is 2.24. The van der Waals surface area contributed by atoms with Crippen molar-refractivity contribution in [2.75, 3.05) is 20.2 Å². The summed E-state index contributed by atoms with van der Waals surface area (Å²) in [5, 5.41) is 0. The third kappa shape index (κ3) is 4.34. The van der Waals surface area contributed by atoms with Gasteiger partial charge in [-0.15, -0.1) is 0 Å². The predicted molar refractivity (Wildman–Crippen MR) is 138 cm³/mol. The Kier molecular flexibility index (Phi) is 6.83. The molecule has 0 N–H and O–H groups in total. The van der Waals surface area contributed by atoms with Gasteiger partial charge in [0.1, 0.15) is 5.75 Å². The molecule has 0 bridgehead atoms. The lowest BCUT2D eigenvalue weighted by molar-refractivity contribution is 0.127. The molecule has 1 aliphatic heterocycles. The average Bonchev–Trinajstić information content (AvgIpc) is 3.32. The highest BCUT2D eigenvalue weighted by Crippen LogP contribution is 2.46. The van der Waals surface area contributed by atoms with Crippen molar-refractivity contribution in [2.24, 2.45) is 5.92 Å². The SMILES string of the molecule is COc1ccc(C(C2=CCC=C(C3CCCC3)C=C2)(c2ccccc2)N2CCCCC2)cc1. The maximum Gasteiger partial charge on any atom is 0.118 e. The van der Waals surface area contributed by atoms with E-state index in [0.717, 1.165) is 31.2 Å². The zero-order chi connectivity index (χ0) is 22.5. The second kappa shape index (κ2) is 10.1. The highest BCUT2D eigenvalue weighted by Gasteiger charge is 2.43. The van der Waals surface area contributed by atoms with Crippen LogP contribution in [0.15, 0.2) is 90.0 Å². The molecule has 2 nitrogen and oxygen atoms in total. The second-order valence-corrected chi connectivity index (χ2v) is 9.77. The molecular formula is C31H37NO. The molecule has 1 atom stereocenters. The first kappa shape index (κ1) is 22.2. The van der Waals surface area contributed by atoms with Crippen LogP contribution < -0.4 is 4.74 Å². The Labute approximate surface area is 199 Å². The van der Waals surface area contributed by atoms with Gasteiger partial charge in [-0.05, 0) is 85.5 Å². The van der Waals surface area contributed by atoms with Crippen LogP contribution in [-0.4, -0.2) is 25.1 Å². The molecule has 2 aromatic carbocycles. The van der Waals surface area contributed by atoms with Gasteiger partial charge in [-0.25, -0.2) is 0 Å². The number of benzene rings is 2. The number of likely N-dealkylation sites (tertiary alicyclic amines) is 1. The number of allylic oxidation sites excluding steroid dienone is 4. The average molecular weight is 440 g/mol. The molecule has 5 rings (SSSR count). The quantitative estimate of drug-likeness (QED) is 0.464. The minimum Gasteiger partial charge on any atom is -0.497 e. The minimum atomic E-state index is -0.288. The lowest BCUT2D eigenvalue weighted by atomic mass is 9.73. The molecule has 33 heavy (non-hydrogen) atoms. The molecule has 1 unspecified atom stereocenters. The number of piperidine rings is 1. The summed E-state index contributed by atoms with van der Waals surface area (Å²) in [4.78, 5) is 2.74. The molecule has 0 spiro atoms. The van der Waals surface area contributed by atoms with E-state index < -0.39 is 0 Å². The van der Waals surface area contributed by atoms with Crippen molar-refractivity contribution in [2.45, 2.75) is 56.9 Å². The van der Waals surface area contributed by atoms with E-state index in [0.29, 0.717) is 0 Å². The van der Waals surface area contributed by atoms with Gasteiger partial charge in [0.15, 0.2) is 0 Å². The van der Waals surface area contributed by atoms with Gasteiger partial charge in [-0.1, -0.05) is 86.0 Å². The van der Waals surface area contributed by atoms with Crippen molar-refractivity contribution >= 4 is 0 Å². The van der Waals surface area contributed by atoms with E-state index in [2.05, 4.69) is 83.8 Å². The van der Waals surface area contributed by atoms with Crippen LogP contribution in [0.2, 0.25) is 0 Å². The maximum atomic E-state index is 5.52. The van der Waals surface area contributed by atoms with E-state index in [1.165, 1.54) is 61.6 Å². The van der Waals surface area contributed by atoms with Crippen LogP contribution in [-0.2, 0) is 5.54 Å². The van der Waals surface area contributed by atoms with Crippen LogP contribution in [0.1, 0.15) is 62.5 Å². The number of rotatable bonds is 6. The molecule has 2 heteroatoms. The first-order valence-corrected chi connectivity index (χ1v) is 12.9. The topological polar surface area (TPSA) is 12.5 Å². The summed E-state index contributed by atoms with van der Waals surface area (Å²) < 4.78 is 5.52. The van der Waals surface area contributed by atoms with Crippen LogP contribution >= 0.6 is 0 Å². The van der Waals surface area contributed by atoms with E-state index in [1.54, 1.807) is 12.7 Å². The summed E-state index contributed by atoms with van der Waals surface area (Å²) in [6.07, 6.45) is 20.2. The van der Waals surface area contributed by atoms with Gasteiger partial charge in [0.05, 0.1) is 12.6 Å². The normalized spacial score (nSPS) is 21.7. The van der Waals surface area contributed by atoms with Gasteiger partial charge in [-0.2, -0.15) is 0 Å². The first-order chi connectivity index (χ1) is 16.3. The van der Waals surface area contributed by atoms with Crippen LogP contribution in [0.5, 0.6) is 5.75 Å². The molecule has 1 heterocycles. The fraction of sp³-hybridized carbons (Fsp3) is 0.419. The summed E-state index contributed by atoms with van der Waals surface area (Å²) in [5.74, 6) is 1.66. The van der Waals surface area contributed by atoms with Crippen molar-refractivity contribution in [3.8, 4) is 5.75 Å². The number of hydrogen-bond acceptors (Lipinski definition) is 2. The van der Waals surface area contributed by atoms with Gasteiger partial charge in [0.25, 0.3) is 0 Å². The van der Waals surface area contributed by atoms with E-state index in [9.17, 15) is 0 Å². The summed E-state index contributed by atoms with van der Waals surface area (Å²) in [6, 6.07) is 20.0. The Bertz CT molecular complexity index is 1000. The number of hydrogen-bond donors (Lipinski definition) is 0. The molecule has 0 aromatic heterocycles. The van der Waals surface area contributed by atoms with E-state index in [1.807, 2.05) is 0 Å². The van der Waals surface area contributed by atoms with Crippen molar-refractivity contribution in [1.82, 2.24) is 4.90 Å². The van der Waals surface area contributed by atoms with E-state index >= 15 is 0 Å². The predicted octanol–water partition coefficient (Wildman–Crippen LogP) is 7.43. The number of nitrogens with zero attached hydrogens (tertiary/aromatic N) is 1. The highest BCUT2D eigenvalue weighted by molar-refractivity contribution is 5.54.